The van der Waals surface area contributed by atoms with Gasteiger partial charge in [0, 0.05) is 38.8 Å². The highest BCUT2D eigenvalue weighted by molar-refractivity contribution is 4.83. The molecule has 1 aliphatic carbocycles. The predicted octanol–water partition coefficient (Wildman–Crippen LogP) is 2.18. The molecule has 112 valence electrons. The van der Waals surface area contributed by atoms with Gasteiger partial charge >= 0.3 is 0 Å². The Morgan fingerprint density at radius 2 is 1.74 bits per heavy atom. The van der Waals surface area contributed by atoms with E-state index in [0.717, 1.165) is 6.54 Å². The molecule has 0 radical (unpaired) electrons. The molecule has 0 aromatic rings. The Morgan fingerprint density at radius 1 is 1.05 bits per heavy atom. The molecule has 1 atom stereocenters. The van der Waals surface area contributed by atoms with Crippen LogP contribution in [0.5, 0.6) is 0 Å². The van der Waals surface area contributed by atoms with Crippen molar-refractivity contribution in [3.05, 3.63) is 0 Å². The Balaban J connectivity index is 1.72. The van der Waals surface area contributed by atoms with Crippen molar-refractivity contribution >= 4 is 0 Å². The van der Waals surface area contributed by atoms with E-state index in [9.17, 15) is 0 Å². The normalized spacial score (nSPS) is 30.2. The topological polar surface area (TPSA) is 18.5 Å². The highest BCUT2D eigenvalue weighted by Crippen LogP contribution is 2.33. The number of nitrogens with zero attached hydrogens (tertiary/aromatic N) is 2. The molecule has 1 heterocycles. The maximum absolute atomic E-state index is 3.78. The van der Waals surface area contributed by atoms with Gasteiger partial charge in [-0.25, -0.2) is 0 Å². The predicted molar refractivity (Wildman–Crippen MR) is 82.6 cm³/mol. The van der Waals surface area contributed by atoms with E-state index < -0.39 is 0 Å². The van der Waals surface area contributed by atoms with Crippen LogP contribution in [0.4, 0.5) is 0 Å². The van der Waals surface area contributed by atoms with Crippen LogP contribution < -0.4 is 5.32 Å². The second-order valence-electron chi connectivity index (χ2n) is 7.25. The molecule has 2 rings (SSSR count). The molecule has 0 spiro atoms. The standard InChI is InChI=1S/C16H33N3/c1-16(8-6-4-5-7-9-16)14-17-12-15-13-18(2)10-11-19(15)3/h15,17H,4-14H2,1-3H3/t15-/m0/s1. The van der Waals surface area contributed by atoms with Crippen LogP contribution >= 0.6 is 0 Å². The average Bonchev–Trinajstić information content (AvgIpc) is 2.59. The fourth-order valence-electron chi connectivity index (χ4n) is 3.62. The maximum atomic E-state index is 3.78. The average molecular weight is 267 g/mol. The molecule has 19 heavy (non-hydrogen) atoms. The lowest BCUT2D eigenvalue weighted by atomic mass is 9.82. The summed E-state index contributed by atoms with van der Waals surface area (Å²) in [5, 5.41) is 3.78. The third-order valence-corrected chi connectivity index (χ3v) is 5.22. The van der Waals surface area contributed by atoms with Crippen molar-refractivity contribution in [2.45, 2.75) is 51.5 Å². The molecule has 0 unspecified atom stereocenters. The Labute approximate surface area is 119 Å². The van der Waals surface area contributed by atoms with E-state index in [2.05, 4.69) is 36.1 Å². The monoisotopic (exact) mass is 267 g/mol. The van der Waals surface area contributed by atoms with Crippen molar-refractivity contribution in [3.8, 4) is 0 Å². The second-order valence-corrected chi connectivity index (χ2v) is 7.25. The number of hydrogen-bond donors (Lipinski definition) is 1. The summed E-state index contributed by atoms with van der Waals surface area (Å²) >= 11 is 0. The van der Waals surface area contributed by atoms with Crippen molar-refractivity contribution < 1.29 is 0 Å². The third kappa shape index (κ3) is 4.73. The third-order valence-electron chi connectivity index (χ3n) is 5.22. The summed E-state index contributed by atoms with van der Waals surface area (Å²) in [6, 6.07) is 0.688. The lowest BCUT2D eigenvalue weighted by Gasteiger charge is -2.38. The largest absolute Gasteiger partial charge is 0.315 e. The van der Waals surface area contributed by atoms with Gasteiger partial charge in [0.2, 0.25) is 0 Å². The zero-order valence-electron chi connectivity index (χ0n) is 13.2. The first kappa shape index (κ1) is 15.3. The van der Waals surface area contributed by atoms with Crippen LogP contribution in [0.25, 0.3) is 0 Å². The van der Waals surface area contributed by atoms with Gasteiger partial charge in [-0.15, -0.1) is 0 Å². The molecule has 1 aliphatic heterocycles. The van der Waals surface area contributed by atoms with Gasteiger partial charge in [0.15, 0.2) is 0 Å². The van der Waals surface area contributed by atoms with Crippen molar-refractivity contribution in [1.82, 2.24) is 15.1 Å². The summed E-state index contributed by atoms with van der Waals surface area (Å²) in [4.78, 5) is 4.97. The fourth-order valence-corrected chi connectivity index (χ4v) is 3.62. The first-order valence-corrected chi connectivity index (χ1v) is 8.19. The Bertz CT molecular complexity index is 259. The summed E-state index contributed by atoms with van der Waals surface area (Å²) in [6.07, 6.45) is 8.60. The van der Waals surface area contributed by atoms with Gasteiger partial charge in [0.05, 0.1) is 0 Å². The number of nitrogens with one attached hydrogen (secondary N) is 1. The minimum absolute atomic E-state index is 0.551. The first-order chi connectivity index (χ1) is 9.09. The van der Waals surface area contributed by atoms with Crippen molar-refractivity contribution in [3.63, 3.8) is 0 Å². The van der Waals surface area contributed by atoms with Crippen molar-refractivity contribution in [2.75, 3.05) is 46.8 Å². The van der Waals surface area contributed by atoms with Gasteiger partial charge in [-0.1, -0.05) is 32.6 Å². The van der Waals surface area contributed by atoms with Gasteiger partial charge in [0.25, 0.3) is 0 Å². The highest BCUT2D eigenvalue weighted by Gasteiger charge is 2.26. The highest BCUT2D eigenvalue weighted by atomic mass is 15.3. The summed E-state index contributed by atoms with van der Waals surface area (Å²) in [6.45, 7) is 8.48. The molecule has 0 amide bonds. The van der Waals surface area contributed by atoms with E-state index in [1.807, 2.05) is 0 Å². The SMILES string of the molecule is CN1CCN(C)[C@@H](CNCC2(C)CCCCCC2)C1. The number of piperazine rings is 1. The van der Waals surface area contributed by atoms with Crippen LogP contribution in [0.3, 0.4) is 0 Å². The molecule has 2 aliphatic rings. The zero-order chi connectivity index (χ0) is 13.7. The van der Waals surface area contributed by atoms with Crippen LogP contribution in [0.1, 0.15) is 45.4 Å². The molecule has 0 aromatic carbocycles. The quantitative estimate of drug-likeness (QED) is 0.788. The summed E-state index contributed by atoms with van der Waals surface area (Å²) in [7, 11) is 4.51. The van der Waals surface area contributed by atoms with E-state index in [4.69, 9.17) is 0 Å². The van der Waals surface area contributed by atoms with Crippen LogP contribution in [0.2, 0.25) is 0 Å². The zero-order valence-corrected chi connectivity index (χ0v) is 13.2. The molecule has 1 saturated heterocycles. The summed E-state index contributed by atoms with van der Waals surface area (Å²) < 4.78 is 0. The Kier molecular flexibility index (Phi) is 5.67. The Morgan fingerprint density at radius 3 is 2.42 bits per heavy atom. The minimum atomic E-state index is 0.551. The molecule has 1 N–H and O–H groups in total. The number of rotatable bonds is 4. The molecule has 3 nitrogen and oxygen atoms in total. The lowest BCUT2D eigenvalue weighted by molar-refractivity contribution is 0.110. The van der Waals surface area contributed by atoms with Crippen LogP contribution in [-0.4, -0.2) is 62.7 Å². The van der Waals surface area contributed by atoms with Crippen molar-refractivity contribution in [2.24, 2.45) is 5.41 Å². The van der Waals surface area contributed by atoms with Gasteiger partial charge in [-0.2, -0.15) is 0 Å². The van der Waals surface area contributed by atoms with E-state index in [1.165, 1.54) is 64.7 Å². The molecule has 0 aromatic heterocycles. The van der Waals surface area contributed by atoms with Crippen molar-refractivity contribution in [1.29, 1.82) is 0 Å². The number of hydrogen-bond acceptors (Lipinski definition) is 3. The molecule has 0 bridgehead atoms. The molecule has 3 heteroatoms. The van der Waals surface area contributed by atoms with Crippen LogP contribution in [0.15, 0.2) is 0 Å². The van der Waals surface area contributed by atoms with Gasteiger partial charge in [0.1, 0.15) is 0 Å². The minimum Gasteiger partial charge on any atom is -0.315 e. The molecule has 1 saturated carbocycles. The maximum Gasteiger partial charge on any atom is 0.0345 e. The summed E-state index contributed by atoms with van der Waals surface area (Å²) in [5.74, 6) is 0. The summed E-state index contributed by atoms with van der Waals surface area (Å²) in [5.41, 5.74) is 0.551. The number of likely N-dealkylation sites (N-methyl/N-ethyl adjacent to an activating group) is 2. The van der Waals surface area contributed by atoms with Gasteiger partial charge in [-0.05, 0) is 32.4 Å². The van der Waals surface area contributed by atoms with Crippen LogP contribution in [0, 0.1) is 5.41 Å². The molecular weight excluding hydrogens is 234 g/mol. The molecule has 2 fully saturated rings. The van der Waals surface area contributed by atoms with E-state index >= 15 is 0 Å². The van der Waals surface area contributed by atoms with Gasteiger partial charge in [-0.3, -0.25) is 4.90 Å². The van der Waals surface area contributed by atoms with E-state index in [-0.39, 0.29) is 0 Å². The van der Waals surface area contributed by atoms with Gasteiger partial charge < -0.3 is 10.2 Å². The van der Waals surface area contributed by atoms with E-state index in [1.54, 1.807) is 0 Å². The lowest BCUT2D eigenvalue weighted by Crippen LogP contribution is -2.54. The first-order valence-electron chi connectivity index (χ1n) is 8.19. The fraction of sp³-hybridized carbons (Fsp3) is 1.00. The van der Waals surface area contributed by atoms with E-state index in [0.29, 0.717) is 11.5 Å². The smallest absolute Gasteiger partial charge is 0.0345 e. The second kappa shape index (κ2) is 7.05. The molecular formula is C16H33N3. The Hall–Kier alpha value is -0.120. The van der Waals surface area contributed by atoms with Crippen LogP contribution in [-0.2, 0) is 0 Å².